The van der Waals surface area contributed by atoms with Gasteiger partial charge >= 0.3 is 5.97 Å². The van der Waals surface area contributed by atoms with Gasteiger partial charge in [-0.15, -0.1) is 0 Å². The molecule has 0 aromatic carbocycles. The molecule has 174 valence electrons. The van der Waals surface area contributed by atoms with Crippen LogP contribution in [0.5, 0.6) is 0 Å². The van der Waals surface area contributed by atoms with Crippen LogP contribution in [-0.2, 0) is 9.53 Å². The van der Waals surface area contributed by atoms with E-state index in [0.717, 1.165) is 72.8 Å². The third-order valence-corrected chi connectivity index (χ3v) is 7.21. The number of carbonyl (C=O) groups is 1. The van der Waals surface area contributed by atoms with Crippen LogP contribution >= 0.6 is 0 Å². The van der Waals surface area contributed by atoms with Crippen molar-refractivity contribution in [2.24, 2.45) is 5.41 Å². The molecule has 2 fully saturated rings. The van der Waals surface area contributed by atoms with Crippen molar-refractivity contribution in [3.8, 4) is 11.4 Å². The number of H-pyrrole nitrogens is 1. The second kappa shape index (κ2) is 8.74. The maximum Gasteiger partial charge on any atom is 0.309 e. The summed E-state index contributed by atoms with van der Waals surface area (Å²) in [6, 6.07) is 8.08. The van der Waals surface area contributed by atoms with Crippen LogP contribution in [0, 0.1) is 12.3 Å². The first-order chi connectivity index (χ1) is 15.9. The molecule has 8 nitrogen and oxygen atoms in total. The van der Waals surface area contributed by atoms with Gasteiger partial charge in [0.1, 0.15) is 11.6 Å². The van der Waals surface area contributed by atoms with Gasteiger partial charge in [0.15, 0.2) is 5.65 Å². The number of aromatic amines is 1. The molecule has 0 spiro atoms. The molecule has 0 unspecified atom stereocenters. The van der Waals surface area contributed by atoms with Crippen molar-refractivity contribution < 1.29 is 14.6 Å². The number of hydrogen-bond donors (Lipinski definition) is 2. The molecule has 8 heteroatoms. The molecule has 3 aromatic rings. The number of aromatic nitrogens is 4. The lowest BCUT2D eigenvalue weighted by Crippen LogP contribution is -2.41. The van der Waals surface area contributed by atoms with Crippen molar-refractivity contribution in [2.45, 2.75) is 64.6 Å². The average Bonchev–Trinajstić information content (AvgIpc) is 3.24. The number of hydrogen-bond acceptors (Lipinski definition) is 6. The standard InChI is InChI=1S/C25H31N5O3/c1-16-3-5-20-23(27-16)29-22(28-20)17-4-6-21(26-15-17)30-13-9-19(10-14-30)33-18-7-11-25(2,12-8-18)24(31)32/h3-6,15,18-19H,7-14H2,1-2H3,(H,31,32)(H,27,28,29). The lowest BCUT2D eigenvalue weighted by Gasteiger charge is -2.38. The first-order valence-corrected chi connectivity index (χ1v) is 11.8. The van der Waals surface area contributed by atoms with E-state index in [1.54, 1.807) is 0 Å². The molecule has 0 bridgehead atoms. The van der Waals surface area contributed by atoms with Crippen LogP contribution < -0.4 is 4.90 Å². The van der Waals surface area contributed by atoms with E-state index in [4.69, 9.17) is 4.74 Å². The van der Waals surface area contributed by atoms with Crippen LogP contribution in [0.25, 0.3) is 22.6 Å². The number of rotatable bonds is 5. The fourth-order valence-corrected chi connectivity index (χ4v) is 4.91. The Kier molecular flexibility index (Phi) is 5.78. The van der Waals surface area contributed by atoms with Gasteiger partial charge in [-0.1, -0.05) is 0 Å². The minimum absolute atomic E-state index is 0.188. The molecule has 0 atom stereocenters. The Morgan fingerprint density at radius 2 is 1.82 bits per heavy atom. The van der Waals surface area contributed by atoms with Gasteiger partial charge in [0.2, 0.25) is 0 Å². The smallest absolute Gasteiger partial charge is 0.309 e. The molecule has 5 rings (SSSR count). The third-order valence-electron chi connectivity index (χ3n) is 7.21. The fourth-order valence-electron chi connectivity index (χ4n) is 4.91. The Bertz CT molecular complexity index is 1130. The van der Waals surface area contributed by atoms with Crippen molar-refractivity contribution in [1.29, 1.82) is 0 Å². The van der Waals surface area contributed by atoms with Gasteiger partial charge in [-0.25, -0.2) is 15.0 Å². The molecule has 2 aliphatic rings. The monoisotopic (exact) mass is 449 g/mol. The van der Waals surface area contributed by atoms with Crippen LogP contribution in [0.2, 0.25) is 0 Å². The molecule has 0 amide bonds. The first kappa shape index (κ1) is 21.8. The number of ether oxygens (including phenoxy) is 1. The van der Waals surface area contributed by atoms with Crippen LogP contribution in [0.4, 0.5) is 5.82 Å². The highest BCUT2D eigenvalue weighted by Crippen LogP contribution is 2.38. The molecule has 33 heavy (non-hydrogen) atoms. The van der Waals surface area contributed by atoms with Crippen molar-refractivity contribution >= 4 is 23.0 Å². The quantitative estimate of drug-likeness (QED) is 0.597. The summed E-state index contributed by atoms with van der Waals surface area (Å²) in [4.78, 5) is 30.8. The van der Waals surface area contributed by atoms with Crippen molar-refractivity contribution in [3.05, 3.63) is 36.2 Å². The Balaban J connectivity index is 1.15. The van der Waals surface area contributed by atoms with Gasteiger partial charge < -0.3 is 19.7 Å². The minimum Gasteiger partial charge on any atom is -0.481 e. The number of carboxylic acid groups (broad SMARTS) is 1. The number of piperidine rings is 1. The molecule has 3 aromatic heterocycles. The SMILES string of the molecule is Cc1ccc2[nH]c(-c3ccc(N4CCC(OC5CCC(C)(C(=O)O)CC5)CC4)nc3)nc2n1. The summed E-state index contributed by atoms with van der Waals surface area (Å²) < 4.78 is 6.35. The second-order valence-electron chi connectivity index (χ2n) is 9.70. The van der Waals surface area contributed by atoms with Crippen molar-refractivity contribution in [3.63, 3.8) is 0 Å². The van der Waals surface area contributed by atoms with E-state index in [1.165, 1.54) is 0 Å². The Morgan fingerprint density at radius 1 is 1.09 bits per heavy atom. The largest absolute Gasteiger partial charge is 0.481 e. The Labute approximate surface area is 193 Å². The minimum atomic E-state index is -0.681. The zero-order valence-corrected chi connectivity index (χ0v) is 19.3. The summed E-state index contributed by atoms with van der Waals surface area (Å²) in [6.07, 6.45) is 7.29. The molecule has 1 saturated heterocycles. The topological polar surface area (TPSA) is 104 Å². The van der Waals surface area contributed by atoms with Crippen molar-refractivity contribution in [2.75, 3.05) is 18.0 Å². The molecule has 1 aliphatic carbocycles. The van der Waals surface area contributed by atoms with Gasteiger partial charge in [0.25, 0.3) is 0 Å². The summed E-state index contributed by atoms with van der Waals surface area (Å²) in [5.74, 6) is 1.07. The molecule has 1 aliphatic heterocycles. The lowest BCUT2D eigenvalue weighted by molar-refractivity contribution is -0.152. The van der Waals surface area contributed by atoms with E-state index in [-0.39, 0.29) is 12.2 Å². The molecular formula is C25H31N5O3. The molecule has 2 N–H and O–H groups in total. The third kappa shape index (κ3) is 4.57. The number of anilines is 1. The van der Waals surface area contributed by atoms with E-state index in [0.29, 0.717) is 12.8 Å². The summed E-state index contributed by atoms with van der Waals surface area (Å²) >= 11 is 0. The number of carboxylic acids is 1. The molecule has 4 heterocycles. The Morgan fingerprint density at radius 3 is 2.48 bits per heavy atom. The molecule has 1 saturated carbocycles. The predicted molar refractivity (Wildman–Crippen MR) is 126 cm³/mol. The van der Waals surface area contributed by atoms with E-state index >= 15 is 0 Å². The number of nitrogens with one attached hydrogen (secondary N) is 1. The van der Waals surface area contributed by atoms with Gasteiger partial charge in [-0.2, -0.15) is 0 Å². The first-order valence-electron chi connectivity index (χ1n) is 11.8. The van der Waals surface area contributed by atoms with Gasteiger partial charge in [0, 0.05) is 30.5 Å². The normalized spacial score (nSPS) is 24.3. The fraction of sp³-hybridized carbons (Fsp3) is 0.520. The highest BCUT2D eigenvalue weighted by Gasteiger charge is 2.38. The van der Waals surface area contributed by atoms with E-state index in [2.05, 4.69) is 37.0 Å². The number of fused-ring (bicyclic) bond motifs is 1. The number of pyridine rings is 2. The van der Waals surface area contributed by atoms with Gasteiger partial charge in [0.05, 0.1) is 23.1 Å². The Hall–Kier alpha value is -3.00. The maximum absolute atomic E-state index is 11.4. The summed E-state index contributed by atoms with van der Waals surface area (Å²) in [5.41, 5.74) is 2.95. The van der Waals surface area contributed by atoms with Gasteiger partial charge in [-0.3, -0.25) is 4.79 Å². The van der Waals surface area contributed by atoms with Crippen LogP contribution in [-0.4, -0.2) is 56.3 Å². The van der Waals surface area contributed by atoms with Crippen LogP contribution in [0.15, 0.2) is 30.5 Å². The lowest BCUT2D eigenvalue weighted by atomic mass is 9.75. The summed E-state index contributed by atoms with van der Waals surface area (Å²) in [5, 5.41) is 9.41. The zero-order chi connectivity index (χ0) is 23.0. The predicted octanol–water partition coefficient (Wildman–Crippen LogP) is 4.35. The van der Waals surface area contributed by atoms with E-state index < -0.39 is 11.4 Å². The number of aryl methyl sites for hydroxylation is 1. The zero-order valence-electron chi connectivity index (χ0n) is 19.3. The molecule has 0 radical (unpaired) electrons. The second-order valence-corrected chi connectivity index (χ2v) is 9.70. The number of aliphatic carboxylic acids is 1. The average molecular weight is 450 g/mol. The van der Waals surface area contributed by atoms with E-state index in [9.17, 15) is 9.90 Å². The summed E-state index contributed by atoms with van der Waals surface area (Å²) in [6.45, 7) is 5.63. The maximum atomic E-state index is 11.4. The van der Waals surface area contributed by atoms with Crippen LogP contribution in [0.1, 0.15) is 51.1 Å². The summed E-state index contributed by atoms with van der Waals surface area (Å²) in [7, 11) is 0. The number of nitrogens with zero attached hydrogens (tertiary/aromatic N) is 4. The highest BCUT2D eigenvalue weighted by molar-refractivity contribution is 5.76. The van der Waals surface area contributed by atoms with E-state index in [1.807, 2.05) is 32.2 Å². The highest BCUT2D eigenvalue weighted by atomic mass is 16.5. The van der Waals surface area contributed by atoms with Gasteiger partial charge in [-0.05, 0) is 76.6 Å². The van der Waals surface area contributed by atoms with Crippen molar-refractivity contribution in [1.82, 2.24) is 19.9 Å². The molecular weight excluding hydrogens is 418 g/mol. The van der Waals surface area contributed by atoms with Crippen LogP contribution in [0.3, 0.4) is 0 Å². The number of imidazole rings is 1.